The molecular weight excluding hydrogens is 192 g/mol. The lowest BCUT2D eigenvalue weighted by atomic mass is 10.3. The van der Waals surface area contributed by atoms with Gasteiger partial charge in [0, 0.05) is 6.54 Å². The molecule has 15 heavy (non-hydrogen) atoms. The summed E-state index contributed by atoms with van der Waals surface area (Å²) in [6.07, 6.45) is 2.64. The molecule has 1 saturated heterocycles. The molecule has 0 bridgehead atoms. The fraction of sp³-hybridized carbons (Fsp3) is 1.00. The maximum atomic E-state index is 5.52. The Hall–Kier alpha value is -0.160. The molecule has 1 atom stereocenters. The lowest BCUT2D eigenvalue weighted by molar-refractivity contribution is -0.0862. The van der Waals surface area contributed by atoms with E-state index >= 15 is 0 Å². The van der Waals surface area contributed by atoms with Crippen molar-refractivity contribution in [1.29, 1.82) is 0 Å². The highest BCUT2D eigenvalue weighted by molar-refractivity contribution is 4.64. The second-order valence-electron chi connectivity index (χ2n) is 3.88. The molecule has 1 unspecified atom stereocenters. The molecule has 0 aliphatic carbocycles. The fourth-order valence-corrected chi connectivity index (χ4v) is 1.56. The summed E-state index contributed by atoms with van der Waals surface area (Å²) in [6, 6.07) is 0. The highest BCUT2D eigenvalue weighted by Gasteiger charge is 2.12. The number of hydrogen-bond acceptors (Lipinski definition) is 4. The van der Waals surface area contributed by atoms with E-state index in [4.69, 9.17) is 9.47 Å². The molecule has 0 spiro atoms. The van der Waals surface area contributed by atoms with Gasteiger partial charge in [0.15, 0.2) is 0 Å². The maximum absolute atomic E-state index is 5.52. The topological polar surface area (TPSA) is 42.5 Å². The first-order chi connectivity index (χ1) is 7.43. The molecule has 4 heteroatoms. The Balaban J connectivity index is 1.79. The average molecular weight is 216 g/mol. The van der Waals surface area contributed by atoms with Crippen LogP contribution in [0.1, 0.15) is 19.8 Å². The van der Waals surface area contributed by atoms with Crippen LogP contribution in [-0.4, -0.2) is 52.1 Å². The lowest BCUT2D eigenvalue weighted by Gasteiger charge is -2.23. The van der Waals surface area contributed by atoms with E-state index in [-0.39, 0.29) is 6.10 Å². The van der Waals surface area contributed by atoms with Gasteiger partial charge in [-0.05, 0) is 32.5 Å². The zero-order valence-electron chi connectivity index (χ0n) is 9.76. The quantitative estimate of drug-likeness (QED) is 0.576. The third-order valence-corrected chi connectivity index (χ3v) is 2.39. The van der Waals surface area contributed by atoms with Crippen molar-refractivity contribution < 1.29 is 9.47 Å². The van der Waals surface area contributed by atoms with Gasteiger partial charge in [0.05, 0.1) is 25.9 Å². The van der Waals surface area contributed by atoms with E-state index in [0.29, 0.717) is 0 Å². The van der Waals surface area contributed by atoms with Crippen LogP contribution in [0.5, 0.6) is 0 Å². The maximum Gasteiger partial charge on any atom is 0.0933 e. The van der Waals surface area contributed by atoms with Crippen LogP contribution in [0.4, 0.5) is 0 Å². The molecule has 0 amide bonds. The molecule has 1 rings (SSSR count). The zero-order chi connectivity index (χ0) is 10.8. The van der Waals surface area contributed by atoms with E-state index in [9.17, 15) is 0 Å². The highest BCUT2D eigenvalue weighted by atomic mass is 16.6. The normalized spacial score (nSPS) is 21.8. The van der Waals surface area contributed by atoms with Gasteiger partial charge in [-0.15, -0.1) is 0 Å². The Morgan fingerprint density at radius 2 is 2.00 bits per heavy atom. The van der Waals surface area contributed by atoms with Crippen molar-refractivity contribution in [2.75, 3.05) is 46.0 Å². The molecule has 0 aromatic carbocycles. The Morgan fingerprint density at radius 1 is 1.13 bits per heavy atom. The van der Waals surface area contributed by atoms with Crippen LogP contribution in [0, 0.1) is 0 Å². The number of hydrogen-bond donors (Lipinski definition) is 2. The minimum absolute atomic E-state index is 0.252. The third-order valence-electron chi connectivity index (χ3n) is 2.39. The second kappa shape index (κ2) is 9.09. The standard InChI is InChI=1S/C11H24N2O2/c1-2-4-12-5-3-6-13-9-11-10-14-7-8-15-11/h11-13H,2-10H2,1H3. The van der Waals surface area contributed by atoms with Crippen molar-refractivity contribution in [2.24, 2.45) is 0 Å². The van der Waals surface area contributed by atoms with Gasteiger partial charge in [-0.25, -0.2) is 0 Å². The first-order valence-electron chi connectivity index (χ1n) is 6.04. The zero-order valence-corrected chi connectivity index (χ0v) is 9.76. The molecule has 1 fully saturated rings. The summed E-state index contributed by atoms with van der Waals surface area (Å²) in [6.45, 7) is 8.60. The monoisotopic (exact) mass is 216 g/mol. The van der Waals surface area contributed by atoms with Gasteiger partial charge >= 0.3 is 0 Å². The van der Waals surface area contributed by atoms with Crippen molar-refractivity contribution >= 4 is 0 Å². The molecule has 4 nitrogen and oxygen atoms in total. The summed E-state index contributed by atoms with van der Waals surface area (Å²) in [5.74, 6) is 0. The molecule has 1 aliphatic heterocycles. The van der Waals surface area contributed by atoms with Gasteiger partial charge in [-0.1, -0.05) is 6.92 Å². The lowest BCUT2D eigenvalue weighted by Crippen LogP contribution is -2.38. The number of ether oxygens (including phenoxy) is 2. The van der Waals surface area contributed by atoms with E-state index in [2.05, 4.69) is 17.6 Å². The largest absolute Gasteiger partial charge is 0.376 e. The van der Waals surface area contributed by atoms with Crippen molar-refractivity contribution in [3.05, 3.63) is 0 Å². The van der Waals surface area contributed by atoms with Crippen LogP contribution < -0.4 is 10.6 Å². The Morgan fingerprint density at radius 3 is 2.73 bits per heavy atom. The summed E-state index contributed by atoms with van der Waals surface area (Å²) in [5, 5.41) is 6.76. The summed E-state index contributed by atoms with van der Waals surface area (Å²) in [4.78, 5) is 0. The van der Waals surface area contributed by atoms with Gasteiger partial charge < -0.3 is 20.1 Å². The summed E-state index contributed by atoms with van der Waals surface area (Å²) in [5.41, 5.74) is 0. The van der Waals surface area contributed by atoms with Crippen LogP contribution in [0.2, 0.25) is 0 Å². The molecule has 0 aromatic rings. The fourth-order valence-electron chi connectivity index (χ4n) is 1.56. The number of rotatable bonds is 8. The molecule has 1 aliphatic rings. The average Bonchev–Trinajstić information content (AvgIpc) is 2.29. The van der Waals surface area contributed by atoms with E-state index in [1.807, 2.05) is 0 Å². The van der Waals surface area contributed by atoms with E-state index < -0.39 is 0 Å². The molecule has 2 N–H and O–H groups in total. The Labute approximate surface area is 92.7 Å². The minimum atomic E-state index is 0.252. The van der Waals surface area contributed by atoms with Crippen LogP contribution in [0.15, 0.2) is 0 Å². The van der Waals surface area contributed by atoms with E-state index in [0.717, 1.165) is 46.0 Å². The van der Waals surface area contributed by atoms with E-state index in [1.165, 1.54) is 12.8 Å². The molecule has 0 saturated carbocycles. The smallest absolute Gasteiger partial charge is 0.0933 e. The molecular formula is C11H24N2O2. The van der Waals surface area contributed by atoms with Gasteiger partial charge in [0.1, 0.15) is 0 Å². The van der Waals surface area contributed by atoms with Gasteiger partial charge in [0.25, 0.3) is 0 Å². The van der Waals surface area contributed by atoms with Crippen LogP contribution in [0.3, 0.4) is 0 Å². The van der Waals surface area contributed by atoms with Gasteiger partial charge in [-0.2, -0.15) is 0 Å². The molecule has 90 valence electrons. The summed E-state index contributed by atoms with van der Waals surface area (Å²) in [7, 11) is 0. The van der Waals surface area contributed by atoms with Crippen molar-refractivity contribution in [2.45, 2.75) is 25.9 Å². The summed E-state index contributed by atoms with van der Waals surface area (Å²) >= 11 is 0. The van der Waals surface area contributed by atoms with Crippen molar-refractivity contribution in [3.63, 3.8) is 0 Å². The van der Waals surface area contributed by atoms with Crippen LogP contribution >= 0.6 is 0 Å². The van der Waals surface area contributed by atoms with Crippen LogP contribution in [0.25, 0.3) is 0 Å². The predicted octanol–water partition coefficient (Wildman–Crippen LogP) is 0.381. The Bertz CT molecular complexity index is 139. The first kappa shape index (κ1) is 12.9. The SMILES string of the molecule is CCCNCCCNCC1COCCO1. The molecule has 1 heterocycles. The molecule has 0 aromatic heterocycles. The predicted molar refractivity (Wildman–Crippen MR) is 61.2 cm³/mol. The van der Waals surface area contributed by atoms with Crippen LogP contribution in [-0.2, 0) is 9.47 Å². The van der Waals surface area contributed by atoms with E-state index in [1.54, 1.807) is 0 Å². The van der Waals surface area contributed by atoms with Crippen molar-refractivity contribution in [3.8, 4) is 0 Å². The van der Waals surface area contributed by atoms with Crippen molar-refractivity contribution in [1.82, 2.24) is 10.6 Å². The Kier molecular flexibility index (Phi) is 7.83. The highest BCUT2D eigenvalue weighted by Crippen LogP contribution is 1.98. The first-order valence-corrected chi connectivity index (χ1v) is 6.04. The third kappa shape index (κ3) is 6.84. The number of nitrogens with one attached hydrogen (secondary N) is 2. The summed E-state index contributed by atoms with van der Waals surface area (Å²) < 4.78 is 10.8. The second-order valence-corrected chi connectivity index (χ2v) is 3.88. The van der Waals surface area contributed by atoms with Gasteiger partial charge in [-0.3, -0.25) is 0 Å². The molecule has 0 radical (unpaired) electrons. The van der Waals surface area contributed by atoms with Gasteiger partial charge in [0.2, 0.25) is 0 Å². The minimum Gasteiger partial charge on any atom is -0.376 e.